The normalized spacial score (nSPS) is 12.4. The number of hydrogen-bond acceptors (Lipinski definition) is 2. The van der Waals surface area contributed by atoms with Crippen molar-refractivity contribution < 1.29 is 9.59 Å². The van der Waals surface area contributed by atoms with Crippen molar-refractivity contribution in [2.75, 3.05) is 0 Å². The van der Waals surface area contributed by atoms with Gasteiger partial charge < -0.3 is 0 Å². The van der Waals surface area contributed by atoms with Crippen LogP contribution in [0.15, 0.2) is 121 Å². The summed E-state index contributed by atoms with van der Waals surface area (Å²) in [7, 11) is 0. The van der Waals surface area contributed by atoms with Crippen molar-refractivity contribution in [3.8, 4) is 0 Å². The second kappa shape index (κ2) is 8.44. The molecule has 5 rings (SSSR count). The Kier molecular flexibility index (Phi) is 5.19. The van der Waals surface area contributed by atoms with Crippen molar-refractivity contribution in [1.29, 1.82) is 0 Å². The maximum Gasteiger partial charge on any atom is 0.194 e. The summed E-state index contributed by atoms with van der Waals surface area (Å²) in [5.74, 6) is -0.0924. The van der Waals surface area contributed by atoms with Crippen LogP contribution in [0.1, 0.15) is 43.0 Å². The average molecular weight is 412 g/mol. The van der Waals surface area contributed by atoms with Crippen LogP contribution in [0.4, 0.5) is 0 Å². The van der Waals surface area contributed by atoms with Gasteiger partial charge in [0.1, 0.15) is 0 Å². The van der Waals surface area contributed by atoms with Crippen LogP contribution in [0.25, 0.3) is 11.6 Å². The highest BCUT2D eigenvalue weighted by Gasteiger charge is 2.29. The van der Waals surface area contributed by atoms with E-state index in [9.17, 15) is 9.59 Å². The van der Waals surface area contributed by atoms with E-state index in [1.807, 2.05) is 121 Å². The van der Waals surface area contributed by atoms with Crippen LogP contribution in [-0.2, 0) is 0 Å². The summed E-state index contributed by atoms with van der Waals surface area (Å²) in [5.41, 5.74) is 5.77. The third kappa shape index (κ3) is 3.52. The lowest BCUT2D eigenvalue weighted by Crippen LogP contribution is -2.17. The van der Waals surface area contributed by atoms with Crippen LogP contribution in [-0.4, -0.2) is 11.6 Å². The lowest BCUT2D eigenvalue weighted by molar-refractivity contribution is 0.102. The molecule has 0 bridgehead atoms. The van der Waals surface area contributed by atoms with Crippen LogP contribution in [0.5, 0.6) is 0 Å². The molecule has 32 heavy (non-hydrogen) atoms. The predicted octanol–water partition coefficient (Wildman–Crippen LogP) is 6.63. The molecule has 0 saturated carbocycles. The molecule has 0 aromatic heterocycles. The first kappa shape index (κ1) is 19.7. The Balaban J connectivity index is 1.81. The van der Waals surface area contributed by atoms with Crippen molar-refractivity contribution in [1.82, 2.24) is 0 Å². The minimum absolute atomic E-state index is 0.0153. The molecular formula is C30H20O2. The summed E-state index contributed by atoms with van der Waals surface area (Å²) >= 11 is 0. The Morgan fingerprint density at radius 2 is 1.03 bits per heavy atom. The number of allylic oxidation sites excluding steroid dienone is 2. The van der Waals surface area contributed by atoms with Gasteiger partial charge in [-0.15, -0.1) is 0 Å². The Morgan fingerprint density at radius 3 is 1.59 bits per heavy atom. The van der Waals surface area contributed by atoms with E-state index >= 15 is 0 Å². The number of fused-ring (bicyclic) bond motifs is 2. The molecule has 0 saturated heterocycles. The molecule has 152 valence electrons. The van der Waals surface area contributed by atoms with Gasteiger partial charge in [0, 0.05) is 27.8 Å². The van der Waals surface area contributed by atoms with Crippen LogP contribution < -0.4 is 0 Å². The molecule has 1 aliphatic rings. The molecule has 0 unspecified atom stereocenters. The largest absolute Gasteiger partial charge is 0.289 e. The van der Waals surface area contributed by atoms with Gasteiger partial charge in [0.05, 0.1) is 0 Å². The monoisotopic (exact) mass is 412 g/mol. The molecule has 0 radical (unpaired) electrons. The van der Waals surface area contributed by atoms with Gasteiger partial charge in [0.2, 0.25) is 0 Å². The molecule has 4 aromatic carbocycles. The number of ketones is 2. The van der Waals surface area contributed by atoms with E-state index in [2.05, 4.69) is 0 Å². The maximum atomic E-state index is 13.8. The maximum absolute atomic E-state index is 13.8. The van der Waals surface area contributed by atoms with E-state index in [0.717, 1.165) is 22.3 Å². The Labute approximate surface area is 187 Å². The summed E-state index contributed by atoms with van der Waals surface area (Å²) < 4.78 is 0. The van der Waals surface area contributed by atoms with E-state index in [1.54, 1.807) is 0 Å². The summed E-state index contributed by atoms with van der Waals surface area (Å²) in [6.07, 6.45) is 3.83. The van der Waals surface area contributed by atoms with Crippen LogP contribution in [0.3, 0.4) is 0 Å². The van der Waals surface area contributed by atoms with Gasteiger partial charge >= 0.3 is 0 Å². The molecule has 2 nitrogen and oxygen atoms in total. The quantitative estimate of drug-likeness (QED) is 0.245. The van der Waals surface area contributed by atoms with E-state index < -0.39 is 0 Å². The van der Waals surface area contributed by atoms with E-state index in [4.69, 9.17) is 0 Å². The second-order valence-corrected chi connectivity index (χ2v) is 7.65. The van der Waals surface area contributed by atoms with Gasteiger partial charge in [-0.3, -0.25) is 9.59 Å². The molecule has 0 heterocycles. The summed E-state index contributed by atoms with van der Waals surface area (Å²) in [6.45, 7) is 0. The molecule has 0 spiro atoms. The number of Topliss-reactive ketones (excluding diaryl/α,β-unsaturated/α-hetero) is 1. The molecule has 2 heteroatoms. The van der Waals surface area contributed by atoms with Gasteiger partial charge in [0.15, 0.2) is 11.6 Å². The van der Waals surface area contributed by atoms with Gasteiger partial charge in [-0.25, -0.2) is 0 Å². The first-order chi connectivity index (χ1) is 15.7. The minimum atomic E-state index is -0.0771. The first-order valence-electron chi connectivity index (χ1n) is 10.5. The topological polar surface area (TPSA) is 34.1 Å². The minimum Gasteiger partial charge on any atom is -0.289 e. The van der Waals surface area contributed by atoms with Crippen LogP contribution in [0.2, 0.25) is 0 Å². The van der Waals surface area contributed by atoms with Crippen LogP contribution in [0, 0.1) is 0 Å². The first-order valence-corrected chi connectivity index (χ1v) is 10.5. The fraction of sp³-hybridized carbons (Fsp3) is 0. The van der Waals surface area contributed by atoms with Crippen molar-refractivity contribution in [2.24, 2.45) is 0 Å². The van der Waals surface area contributed by atoms with Gasteiger partial charge in [-0.1, -0.05) is 115 Å². The number of benzene rings is 4. The highest BCUT2D eigenvalue weighted by atomic mass is 16.1. The Hall–Kier alpha value is -4.30. The second-order valence-electron chi connectivity index (χ2n) is 7.65. The zero-order chi connectivity index (χ0) is 21.9. The SMILES string of the molecule is O=C(C(C=Cc1ccccc1)=C1c2ccccc2C(=O)c2ccccc21)c1ccccc1. The van der Waals surface area contributed by atoms with Crippen molar-refractivity contribution in [3.63, 3.8) is 0 Å². The lowest BCUT2D eigenvalue weighted by Gasteiger charge is -2.23. The molecule has 0 amide bonds. The van der Waals surface area contributed by atoms with E-state index in [-0.39, 0.29) is 11.6 Å². The number of carbonyl (C=O) groups is 2. The fourth-order valence-electron chi connectivity index (χ4n) is 4.14. The fourth-order valence-corrected chi connectivity index (χ4v) is 4.14. The predicted molar refractivity (Wildman–Crippen MR) is 129 cm³/mol. The van der Waals surface area contributed by atoms with Gasteiger partial charge in [-0.05, 0) is 22.8 Å². The van der Waals surface area contributed by atoms with Crippen molar-refractivity contribution >= 4 is 23.2 Å². The smallest absolute Gasteiger partial charge is 0.194 e. The Bertz CT molecular complexity index is 1330. The molecule has 0 aliphatic heterocycles. The van der Waals surface area contributed by atoms with Gasteiger partial charge in [-0.2, -0.15) is 0 Å². The summed E-state index contributed by atoms with van der Waals surface area (Å²) in [5, 5.41) is 0. The highest BCUT2D eigenvalue weighted by Crippen LogP contribution is 2.39. The third-order valence-corrected chi connectivity index (χ3v) is 5.67. The molecular weight excluding hydrogens is 392 g/mol. The molecule has 0 fully saturated rings. The zero-order valence-electron chi connectivity index (χ0n) is 17.4. The van der Waals surface area contributed by atoms with Crippen molar-refractivity contribution in [3.05, 3.63) is 154 Å². The number of carbonyl (C=O) groups excluding carboxylic acids is 2. The van der Waals surface area contributed by atoms with Gasteiger partial charge in [0.25, 0.3) is 0 Å². The summed E-state index contributed by atoms with van der Waals surface area (Å²) in [6, 6.07) is 34.2. The van der Waals surface area contributed by atoms with Crippen molar-refractivity contribution in [2.45, 2.75) is 0 Å². The molecule has 1 aliphatic carbocycles. The molecule has 0 N–H and O–H groups in total. The lowest BCUT2D eigenvalue weighted by atomic mass is 9.78. The number of hydrogen-bond donors (Lipinski definition) is 0. The number of rotatable bonds is 4. The average Bonchev–Trinajstić information content (AvgIpc) is 2.87. The highest BCUT2D eigenvalue weighted by molar-refractivity contribution is 6.24. The Morgan fingerprint density at radius 1 is 0.562 bits per heavy atom. The molecule has 0 atom stereocenters. The standard InChI is InChI=1S/C30H20O2/c31-29(22-13-5-2-6-14-22)27(20-19-21-11-3-1-4-12-21)28-23-15-7-9-17-25(23)30(32)26-18-10-8-16-24(26)28/h1-20H. The zero-order valence-corrected chi connectivity index (χ0v) is 17.4. The van der Waals surface area contributed by atoms with E-state index in [0.29, 0.717) is 22.3 Å². The molecule has 4 aromatic rings. The third-order valence-electron chi connectivity index (χ3n) is 5.67. The van der Waals surface area contributed by atoms with Crippen LogP contribution >= 0.6 is 0 Å². The van der Waals surface area contributed by atoms with E-state index in [1.165, 1.54) is 0 Å². The summed E-state index contributed by atoms with van der Waals surface area (Å²) in [4.78, 5) is 26.9.